The molecule has 0 unspecified atom stereocenters. The molecule has 74 valence electrons. The van der Waals surface area contributed by atoms with E-state index in [0.717, 1.165) is 5.56 Å². The number of pyridine rings is 1. The maximum absolute atomic E-state index is 8.46. The Kier molecular flexibility index (Phi) is 4.05. The summed E-state index contributed by atoms with van der Waals surface area (Å²) in [6, 6.07) is 5.70. The molecule has 4 heteroatoms. The maximum atomic E-state index is 8.46. The highest BCUT2D eigenvalue weighted by atomic mass is 16.7. The van der Waals surface area contributed by atoms with E-state index in [1.165, 1.54) is 0 Å². The van der Waals surface area contributed by atoms with E-state index in [4.69, 9.17) is 14.7 Å². The first-order valence-corrected chi connectivity index (χ1v) is 4.19. The minimum atomic E-state index is -0.439. The number of methoxy groups -OCH3 is 2. The first-order chi connectivity index (χ1) is 6.81. The van der Waals surface area contributed by atoms with Crippen molar-refractivity contribution in [3.05, 3.63) is 29.6 Å². The van der Waals surface area contributed by atoms with E-state index in [2.05, 4.69) is 11.1 Å². The van der Waals surface area contributed by atoms with E-state index in [1.807, 2.05) is 6.07 Å². The minimum Gasteiger partial charge on any atom is -0.350 e. The lowest BCUT2D eigenvalue weighted by Gasteiger charge is -2.12. The molecule has 0 fully saturated rings. The Hall–Kier alpha value is -1.44. The molecular formula is C10H12N2O2. The summed E-state index contributed by atoms with van der Waals surface area (Å²) in [7, 11) is 3.11. The third-order valence-corrected chi connectivity index (χ3v) is 1.80. The average Bonchev–Trinajstić information content (AvgIpc) is 2.23. The van der Waals surface area contributed by atoms with E-state index in [-0.39, 0.29) is 0 Å². The molecule has 0 saturated carbocycles. The van der Waals surface area contributed by atoms with Gasteiger partial charge in [0.1, 0.15) is 0 Å². The van der Waals surface area contributed by atoms with Crippen molar-refractivity contribution in [1.29, 1.82) is 5.26 Å². The highest BCUT2D eigenvalue weighted by Crippen LogP contribution is 2.14. The number of hydrogen-bond donors (Lipinski definition) is 0. The third kappa shape index (κ3) is 2.52. The number of hydrogen-bond acceptors (Lipinski definition) is 4. The zero-order valence-corrected chi connectivity index (χ0v) is 8.23. The minimum absolute atomic E-state index is 0.373. The van der Waals surface area contributed by atoms with Gasteiger partial charge in [0.2, 0.25) is 6.29 Å². The van der Waals surface area contributed by atoms with Gasteiger partial charge in [-0.3, -0.25) is 4.98 Å². The van der Waals surface area contributed by atoms with Crippen molar-refractivity contribution in [2.24, 2.45) is 0 Å². The molecule has 1 rings (SSSR count). The molecule has 0 aliphatic heterocycles. The van der Waals surface area contributed by atoms with E-state index < -0.39 is 6.29 Å². The molecule has 1 aromatic heterocycles. The molecular weight excluding hydrogens is 180 g/mol. The second-order valence-corrected chi connectivity index (χ2v) is 2.73. The molecule has 0 aliphatic rings. The quantitative estimate of drug-likeness (QED) is 0.677. The number of rotatable bonds is 4. The molecule has 1 aromatic rings. The molecule has 0 aromatic carbocycles. The summed E-state index contributed by atoms with van der Waals surface area (Å²) in [5.41, 5.74) is 1.60. The first-order valence-electron chi connectivity index (χ1n) is 4.19. The zero-order chi connectivity index (χ0) is 10.4. The van der Waals surface area contributed by atoms with Crippen LogP contribution in [0.2, 0.25) is 0 Å². The Balaban J connectivity index is 2.77. The fraction of sp³-hybridized carbons (Fsp3) is 0.400. The topological polar surface area (TPSA) is 55.1 Å². The van der Waals surface area contributed by atoms with Gasteiger partial charge in [-0.15, -0.1) is 0 Å². The van der Waals surface area contributed by atoms with Crippen LogP contribution in [0.1, 0.15) is 17.5 Å². The summed E-state index contributed by atoms with van der Waals surface area (Å²) in [4.78, 5) is 4.14. The van der Waals surface area contributed by atoms with Crippen molar-refractivity contribution in [2.45, 2.75) is 12.7 Å². The zero-order valence-electron chi connectivity index (χ0n) is 8.23. The molecule has 0 bridgehead atoms. The van der Waals surface area contributed by atoms with Crippen molar-refractivity contribution in [2.75, 3.05) is 14.2 Å². The summed E-state index contributed by atoms with van der Waals surface area (Å²) < 4.78 is 10.1. The second kappa shape index (κ2) is 5.32. The molecule has 0 aliphatic carbocycles. The van der Waals surface area contributed by atoms with Crippen LogP contribution >= 0.6 is 0 Å². The summed E-state index contributed by atoms with van der Waals surface area (Å²) >= 11 is 0. The van der Waals surface area contributed by atoms with E-state index in [1.54, 1.807) is 26.5 Å². The van der Waals surface area contributed by atoms with Crippen LogP contribution in [0.25, 0.3) is 0 Å². The van der Waals surface area contributed by atoms with Gasteiger partial charge in [-0.05, 0) is 11.6 Å². The van der Waals surface area contributed by atoms with Gasteiger partial charge in [-0.2, -0.15) is 5.26 Å². The van der Waals surface area contributed by atoms with Crippen LogP contribution in [0.15, 0.2) is 18.3 Å². The molecule has 0 N–H and O–H groups in total. The number of nitrogens with zero attached hydrogens (tertiary/aromatic N) is 2. The van der Waals surface area contributed by atoms with Crippen molar-refractivity contribution < 1.29 is 9.47 Å². The average molecular weight is 192 g/mol. The Morgan fingerprint density at radius 2 is 2.14 bits per heavy atom. The Morgan fingerprint density at radius 3 is 2.57 bits per heavy atom. The number of ether oxygens (including phenoxy) is 2. The largest absolute Gasteiger partial charge is 0.350 e. The van der Waals surface area contributed by atoms with Crippen LogP contribution in [0.5, 0.6) is 0 Å². The smallest absolute Gasteiger partial charge is 0.200 e. The molecule has 0 saturated heterocycles. The Morgan fingerprint density at radius 1 is 1.43 bits per heavy atom. The molecule has 14 heavy (non-hydrogen) atoms. The first kappa shape index (κ1) is 10.6. The van der Waals surface area contributed by atoms with Crippen molar-refractivity contribution in [3.63, 3.8) is 0 Å². The van der Waals surface area contributed by atoms with Crippen LogP contribution in [0.4, 0.5) is 0 Å². The van der Waals surface area contributed by atoms with Crippen LogP contribution in [0.3, 0.4) is 0 Å². The number of nitriles is 1. The lowest BCUT2D eigenvalue weighted by Crippen LogP contribution is -2.05. The van der Waals surface area contributed by atoms with Gasteiger partial charge in [-0.1, -0.05) is 6.07 Å². The van der Waals surface area contributed by atoms with Gasteiger partial charge < -0.3 is 9.47 Å². The highest BCUT2D eigenvalue weighted by molar-refractivity contribution is 5.17. The summed E-state index contributed by atoms with van der Waals surface area (Å²) in [5.74, 6) is 0. The fourth-order valence-electron chi connectivity index (χ4n) is 1.11. The molecule has 0 radical (unpaired) electrons. The fourth-order valence-corrected chi connectivity index (χ4v) is 1.11. The van der Waals surface area contributed by atoms with Crippen LogP contribution < -0.4 is 0 Å². The van der Waals surface area contributed by atoms with E-state index >= 15 is 0 Å². The maximum Gasteiger partial charge on any atom is 0.200 e. The summed E-state index contributed by atoms with van der Waals surface area (Å²) in [6.07, 6.45) is 1.59. The van der Waals surface area contributed by atoms with Gasteiger partial charge in [0.25, 0.3) is 0 Å². The lowest BCUT2D eigenvalue weighted by molar-refractivity contribution is -0.108. The molecule has 1 heterocycles. The number of aromatic nitrogens is 1. The van der Waals surface area contributed by atoms with Gasteiger partial charge in [0.05, 0.1) is 18.2 Å². The standard InChI is InChI=1S/C10H12N2O2/c1-13-10(14-2)9-4-3-8(5-6-11)7-12-9/h3-4,7,10H,5H2,1-2H3. The van der Waals surface area contributed by atoms with E-state index in [0.29, 0.717) is 12.1 Å². The molecule has 0 spiro atoms. The second-order valence-electron chi connectivity index (χ2n) is 2.73. The highest BCUT2D eigenvalue weighted by Gasteiger charge is 2.09. The van der Waals surface area contributed by atoms with Crippen molar-refractivity contribution >= 4 is 0 Å². The van der Waals surface area contributed by atoms with Crippen molar-refractivity contribution in [1.82, 2.24) is 4.98 Å². The third-order valence-electron chi connectivity index (χ3n) is 1.80. The summed E-state index contributed by atoms with van der Waals surface area (Å²) in [6.45, 7) is 0. The molecule has 0 amide bonds. The molecule has 4 nitrogen and oxygen atoms in total. The van der Waals surface area contributed by atoms with E-state index in [9.17, 15) is 0 Å². The Bertz CT molecular complexity index is 312. The SMILES string of the molecule is COC(OC)c1ccc(CC#N)cn1. The van der Waals surface area contributed by atoms with Crippen molar-refractivity contribution in [3.8, 4) is 6.07 Å². The van der Waals surface area contributed by atoms with Gasteiger partial charge in [0, 0.05) is 20.4 Å². The summed E-state index contributed by atoms with van der Waals surface area (Å²) in [5, 5.41) is 8.46. The van der Waals surface area contributed by atoms with Crippen LogP contribution in [-0.4, -0.2) is 19.2 Å². The molecule has 0 atom stereocenters. The lowest BCUT2D eigenvalue weighted by atomic mass is 10.2. The normalized spacial score (nSPS) is 10.1. The van der Waals surface area contributed by atoms with Gasteiger partial charge in [-0.25, -0.2) is 0 Å². The predicted molar refractivity (Wildman–Crippen MR) is 50.3 cm³/mol. The predicted octanol–water partition coefficient (Wildman–Crippen LogP) is 1.44. The van der Waals surface area contributed by atoms with Gasteiger partial charge in [0.15, 0.2) is 0 Å². The monoisotopic (exact) mass is 192 g/mol. The van der Waals surface area contributed by atoms with Gasteiger partial charge >= 0.3 is 0 Å². The Labute approximate surface area is 83.1 Å². The van der Waals surface area contributed by atoms with Crippen LogP contribution in [-0.2, 0) is 15.9 Å². The van der Waals surface area contributed by atoms with Crippen LogP contribution in [0, 0.1) is 11.3 Å².